The highest BCUT2D eigenvalue weighted by atomic mass is 28.3. The lowest BCUT2D eigenvalue weighted by Crippen LogP contribution is -2.37. The van der Waals surface area contributed by atoms with Crippen molar-refractivity contribution in [1.82, 2.24) is 0 Å². The van der Waals surface area contributed by atoms with Crippen LogP contribution in [-0.4, -0.2) is 15.1 Å². The maximum atomic E-state index is 2.39. The van der Waals surface area contributed by atoms with E-state index in [4.69, 9.17) is 0 Å². The zero-order valence-corrected chi connectivity index (χ0v) is 15.1. The molecule has 0 N–H and O–H groups in total. The summed E-state index contributed by atoms with van der Waals surface area (Å²) in [6.45, 7) is 11.6. The van der Waals surface area contributed by atoms with Gasteiger partial charge in [0.05, 0.1) is 8.07 Å². The lowest BCUT2D eigenvalue weighted by Gasteiger charge is -2.22. The first-order chi connectivity index (χ1) is 9.79. The van der Waals surface area contributed by atoms with Crippen LogP contribution in [0.15, 0.2) is 48.5 Å². The van der Waals surface area contributed by atoms with E-state index in [-0.39, 0.29) is 0 Å². The number of anilines is 2. The highest BCUT2D eigenvalue weighted by molar-refractivity contribution is 6.88. The van der Waals surface area contributed by atoms with Crippen molar-refractivity contribution in [2.24, 2.45) is 0 Å². The van der Waals surface area contributed by atoms with Crippen molar-refractivity contribution in [1.29, 1.82) is 0 Å². The van der Waals surface area contributed by atoms with Crippen molar-refractivity contribution in [3.05, 3.63) is 54.1 Å². The molecule has 0 heterocycles. The molecule has 112 valence electrons. The lowest BCUT2D eigenvalue weighted by molar-refractivity contribution is 0.866. The van der Waals surface area contributed by atoms with Gasteiger partial charge in [0.15, 0.2) is 0 Å². The Labute approximate surface area is 130 Å². The van der Waals surface area contributed by atoms with E-state index >= 15 is 0 Å². The quantitative estimate of drug-likeness (QED) is 0.708. The van der Waals surface area contributed by atoms with Gasteiger partial charge in [-0.1, -0.05) is 62.9 Å². The molecule has 0 spiro atoms. The monoisotopic (exact) mass is 297 g/mol. The molecule has 0 bridgehead atoms. The van der Waals surface area contributed by atoms with Crippen molar-refractivity contribution in [3.8, 4) is 0 Å². The van der Waals surface area contributed by atoms with Crippen molar-refractivity contribution in [2.75, 3.05) is 11.9 Å². The minimum absolute atomic E-state index is 0.584. The van der Waals surface area contributed by atoms with Gasteiger partial charge >= 0.3 is 0 Å². The van der Waals surface area contributed by atoms with E-state index in [2.05, 4.69) is 94.0 Å². The number of rotatable bonds is 4. The van der Waals surface area contributed by atoms with Crippen LogP contribution in [0.2, 0.25) is 19.6 Å². The smallest absolute Gasteiger partial charge is 0.0775 e. The van der Waals surface area contributed by atoms with Gasteiger partial charge in [-0.3, -0.25) is 0 Å². The first kappa shape index (κ1) is 15.8. The van der Waals surface area contributed by atoms with Gasteiger partial charge in [0.1, 0.15) is 0 Å². The zero-order valence-electron chi connectivity index (χ0n) is 14.1. The first-order valence-electron chi connectivity index (χ1n) is 7.73. The fraction of sp³-hybridized carbons (Fsp3) is 0.368. The van der Waals surface area contributed by atoms with Gasteiger partial charge < -0.3 is 4.90 Å². The molecule has 0 saturated carbocycles. The highest BCUT2D eigenvalue weighted by Gasteiger charge is 2.16. The third-order valence-electron chi connectivity index (χ3n) is 4.07. The van der Waals surface area contributed by atoms with Crippen LogP contribution in [0.4, 0.5) is 11.4 Å². The molecule has 0 aliphatic rings. The average molecular weight is 298 g/mol. The van der Waals surface area contributed by atoms with Crippen LogP contribution in [0.3, 0.4) is 0 Å². The maximum Gasteiger partial charge on any atom is 0.0775 e. The van der Waals surface area contributed by atoms with Crippen LogP contribution >= 0.6 is 0 Å². The topological polar surface area (TPSA) is 3.24 Å². The summed E-state index contributed by atoms with van der Waals surface area (Å²) in [5.41, 5.74) is 3.87. The Morgan fingerprint density at radius 3 is 1.57 bits per heavy atom. The molecule has 0 aliphatic heterocycles. The van der Waals surface area contributed by atoms with Gasteiger partial charge in [-0.05, 0) is 35.7 Å². The molecular weight excluding hydrogens is 270 g/mol. The molecule has 21 heavy (non-hydrogen) atoms. The normalized spacial score (nSPS) is 11.8. The van der Waals surface area contributed by atoms with Crippen LogP contribution in [0.1, 0.15) is 25.3 Å². The number of nitrogens with zero attached hydrogens (tertiary/aromatic N) is 1. The van der Waals surface area contributed by atoms with E-state index in [0.29, 0.717) is 5.92 Å². The Balaban J connectivity index is 2.21. The predicted molar refractivity (Wildman–Crippen MR) is 98.0 cm³/mol. The van der Waals surface area contributed by atoms with Gasteiger partial charge in [0, 0.05) is 18.4 Å². The van der Waals surface area contributed by atoms with Crippen LogP contribution in [0, 0.1) is 0 Å². The summed E-state index contributed by atoms with van der Waals surface area (Å²) >= 11 is 0. The van der Waals surface area contributed by atoms with E-state index in [1.165, 1.54) is 22.1 Å². The van der Waals surface area contributed by atoms with Crippen LogP contribution in [-0.2, 0) is 0 Å². The molecule has 0 saturated heterocycles. The van der Waals surface area contributed by atoms with Crippen LogP contribution in [0.25, 0.3) is 0 Å². The number of hydrogen-bond acceptors (Lipinski definition) is 1. The fourth-order valence-electron chi connectivity index (χ4n) is 2.42. The molecule has 0 fully saturated rings. The third kappa shape index (κ3) is 3.76. The van der Waals surface area contributed by atoms with Crippen molar-refractivity contribution >= 4 is 24.6 Å². The minimum atomic E-state index is -1.21. The Bertz CT molecular complexity index is 576. The van der Waals surface area contributed by atoms with Crippen molar-refractivity contribution in [3.63, 3.8) is 0 Å². The molecular formula is C19H27NSi. The van der Waals surface area contributed by atoms with Gasteiger partial charge in [0.2, 0.25) is 0 Å². The van der Waals surface area contributed by atoms with Crippen molar-refractivity contribution in [2.45, 2.75) is 39.4 Å². The van der Waals surface area contributed by atoms with Gasteiger partial charge in [0.25, 0.3) is 0 Å². The SMILES string of the molecule is CC(C)c1ccc(N(C)c2ccc([Si](C)(C)C)cc2)cc1. The molecule has 2 heteroatoms. The minimum Gasteiger partial charge on any atom is -0.345 e. The Hall–Kier alpha value is -1.54. The van der Waals surface area contributed by atoms with Gasteiger partial charge in [-0.25, -0.2) is 0 Å². The molecule has 0 radical (unpaired) electrons. The Morgan fingerprint density at radius 2 is 1.19 bits per heavy atom. The Morgan fingerprint density at radius 1 is 0.762 bits per heavy atom. The van der Waals surface area contributed by atoms with E-state index in [0.717, 1.165) is 0 Å². The molecule has 2 aromatic rings. The summed E-state index contributed by atoms with van der Waals surface area (Å²) in [5.74, 6) is 0.584. The van der Waals surface area contributed by atoms with Gasteiger partial charge in [-0.2, -0.15) is 0 Å². The molecule has 0 aromatic heterocycles. The van der Waals surface area contributed by atoms with Gasteiger partial charge in [-0.15, -0.1) is 0 Å². The molecule has 2 rings (SSSR count). The molecule has 2 aromatic carbocycles. The van der Waals surface area contributed by atoms with E-state index in [9.17, 15) is 0 Å². The number of benzene rings is 2. The summed E-state index contributed by atoms with van der Waals surface area (Å²) in [6.07, 6.45) is 0. The lowest BCUT2D eigenvalue weighted by atomic mass is 10.0. The molecule has 0 amide bonds. The molecule has 1 nitrogen and oxygen atoms in total. The summed E-state index contributed by atoms with van der Waals surface area (Å²) in [7, 11) is 0.924. The van der Waals surface area contributed by atoms with Crippen LogP contribution in [0.5, 0.6) is 0 Å². The summed E-state index contributed by atoms with van der Waals surface area (Å²) in [4.78, 5) is 2.25. The van der Waals surface area contributed by atoms with E-state index < -0.39 is 8.07 Å². The zero-order chi connectivity index (χ0) is 15.6. The highest BCUT2D eigenvalue weighted by Crippen LogP contribution is 2.25. The average Bonchev–Trinajstić information content (AvgIpc) is 2.46. The third-order valence-corrected chi connectivity index (χ3v) is 6.13. The second kappa shape index (κ2) is 6.06. The molecule has 0 aliphatic carbocycles. The standard InChI is InChI=1S/C19H27NSi/c1-15(2)16-7-9-17(10-8-16)20(3)18-11-13-19(14-12-18)21(4,5)6/h7-15H,1-6H3. The maximum absolute atomic E-state index is 2.39. The van der Waals surface area contributed by atoms with E-state index in [1.54, 1.807) is 0 Å². The predicted octanol–water partition coefficient (Wildman–Crippen LogP) is 5.12. The second-order valence-electron chi connectivity index (χ2n) is 7.10. The van der Waals surface area contributed by atoms with Crippen LogP contribution < -0.4 is 10.1 Å². The Kier molecular flexibility index (Phi) is 4.57. The summed E-state index contributed by atoms with van der Waals surface area (Å²) < 4.78 is 0. The summed E-state index contributed by atoms with van der Waals surface area (Å²) in [6, 6.07) is 17.9. The molecule has 0 atom stereocenters. The second-order valence-corrected chi connectivity index (χ2v) is 12.2. The largest absolute Gasteiger partial charge is 0.345 e. The van der Waals surface area contributed by atoms with E-state index in [1.807, 2.05) is 0 Å². The summed E-state index contributed by atoms with van der Waals surface area (Å²) in [5, 5.41) is 1.51. The number of hydrogen-bond donors (Lipinski definition) is 0. The first-order valence-corrected chi connectivity index (χ1v) is 11.2. The van der Waals surface area contributed by atoms with Crippen molar-refractivity contribution < 1.29 is 0 Å². The molecule has 0 unspecified atom stereocenters. The fourth-order valence-corrected chi connectivity index (χ4v) is 3.58.